The summed E-state index contributed by atoms with van der Waals surface area (Å²) < 4.78 is 0. The van der Waals surface area contributed by atoms with E-state index in [1.54, 1.807) is 11.8 Å². The summed E-state index contributed by atoms with van der Waals surface area (Å²) in [5, 5.41) is 15.2. The molecule has 2 unspecified atom stereocenters. The van der Waals surface area contributed by atoms with E-state index >= 15 is 0 Å². The van der Waals surface area contributed by atoms with Crippen molar-refractivity contribution in [2.45, 2.75) is 32.1 Å². The van der Waals surface area contributed by atoms with E-state index in [1.165, 1.54) is 0 Å². The molecular weight excluding hydrogens is 224 g/mol. The molecule has 0 spiro atoms. The number of nitrogens with one attached hydrogen (secondary N) is 2. The molecule has 2 atom stereocenters. The Morgan fingerprint density at radius 2 is 2.00 bits per heavy atom. The van der Waals surface area contributed by atoms with Gasteiger partial charge in [0.05, 0.1) is 13.2 Å². The summed E-state index contributed by atoms with van der Waals surface area (Å²) in [6, 6.07) is 0.129. The van der Waals surface area contributed by atoms with Gasteiger partial charge in [-0.2, -0.15) is 11.8 Å². The molecule has 0 fully saturated rings. The van der Waals surface area contributed by atoms with Gasteiger partial charge in [-0.1, -0.05) is 13.8 Å². The van der Waals surface area contributed by atoms with E-state index in [4.69, 9.17) is 5.11 Å². The summed E-state index contributed by atoms with van der Waals surface area (Å²) in [6.07, 6.45) is 1.96. The summed E-state index contributed by atoms with van der Waals surface area (Å²) in [5.41, 5.74) is 0. The highest BCUT2D eigenvalue weighted by atomic mass is 32.2. The average Bonchev–Trinajstić information content (AvgIpc) is 2.25. The van der Waals surface area contributed by atoms with Gasteiger partial charge in [-0.3, -0.25) is 4.79 Å². The Bertz CT molecular complexity index is 196. The molecule has 3 N–H and O–H groups in total. The number of carbonyl (C=O) groups is 1. The zero-order valence-corrected chi connectivity index (χ0v) is 11.4. The molecule has 0 aliphatic heterocycles. The van der Waals surface area contributed by atoms with Crippen LogP contribution in [0.2, 0.25) is 0 Å². The molecule has 1 amide bonds. The fraction of sp³-hybridized carbons (Fsp3) is 0.909. The first-order valence-electron chi connectivity index (χ1n) is 5.65. The molecular formula is C11H24N2O2S. The highest BCUT2D eigenvalue weighted by molar-refractivity contribution is 7.99. The third kappa shape index (κ3) is 7.09. The number of hydrogen-bond donors (Lipinski definition) is 3. The highest BCUT2D eigenvalue weighted by Crippen LogP contribution is 2.09. The normalized spacial score (nSPS) is 14.9. The Morgan fingerprint density at radius 3 is 2.44 bits per heavy atom. The van der Waals surface area contributed by atoms with Crippen molar-refractivity contribution in [1.82, 2.24) is 10.6 Å². The van der Waals surface area contributed by atoms with Crippen molar-refractivity contribution in [3.8, 4) is 0 Å². The largest absolute Gasteiger partial charge is 0.395 e. The second-order valence-electron chi connectivity index (χ2n) is 4.32. The summed E-state index contributed by atoms with van der Waals surface area (Å²) >= 11 is 1.60. The van der Waals surface area contributed by atoms with Gasteiger partial charge in [-0.15, -0.1) is 0 Å². The summed E-state index contributed by atoms with van der Waals surface area (Å²) in [4.78, 5) is 11.4. The Hall–Kier alpha value is -0.260. The number of rotatable bonds is 8. The summed E-state index contributed by atoms with van der Waals surface area (Å²) in [7, 11) is 0. The Morgan fingerprint density at radius 1 is 1.38 bits per heavy atom. The van der Waals surface area contributed by atoms with Gasteiger partial charge < -0.3 is 15.7 Å². The molecule has 0 aliphatic carbocycles. The molecule has 0 aromatic carbocycles. The van der Waals surface area contributed by atoms with Crippen molar-refractivity contribution in [2.24, 2.45) is 5.92 Å². The van der Waals surface area contributed by atoms with Gasteiger partial charge in [-0.05, 0) is 19.1 Å². The Balaban J connectivity index is 3.73. The first-order chi connectivity index (χ1) is 7.51. The lowest BCUT2D eigenvalue weighted by molar-refractivity contribution is -0.120. The Labute approximate surface area is 103 Å². The van der Waals surface area contributed by atoms with Gasteiger partial charge in [0.2, 0.25) is 5.91 Å². The maximum atomic E-state index is 11.4. The van der Waals surface area contributed by atoms with Crippen LogP contribution >= 0.6 is 11.8 Å². The van der Waals surface area contributed by atoms with Crippen molar-refractivity contribution in [2.75, 3.05) is 26.0 Å². The molecule has 4 nitrogen and oxygen atoms in total. The van der Waals surface area contributed by atoms with E-state index in [9.17, 15) is 4.79 Å². The van der Waals surface area contributed by atoms with Crippen LogP contribution in [0, 0.1) is 5.92 Å². The van der Waals surface area contributed by atoms with Gasteiger partial charge in [0.15, 0.2) is 0 Å². The summed E-state index contributed by atoms with van der Waals surface area (Å²) in [5.74, 6) is 0.483. The molecule has 0 radical (unpaired) electrons. The van der Waals surface area contributed by atoms with Crippen LogP contribution in [0.5, 0.6) is 0 Å². The fourth-order valence-electron chi connectivity index (χ4n) is 1.20. The van der Waals surface area contributed by atoms with Crippen LogP contribution in [0.4, 0.5) is 0 Å². The summed E-state index contributed by atoms with van der Waals surface area (Å²) in [6.45, 7) is 7.25. The van der Waals surface area contributed by atoms with Gasteiger partial charge >= 0.3 is 0 Å². The monoisotopic (exact) mass is 248 g/mol. The van der Waals surface area contributed by atoms with Crippen molar-refractivity contribution >= 4 is 17.7 Å². The van der Waals surface area contributed by atoms with Gasteiger partial charge in [0.1, 0.15) is 0 Å². The van der Waals surface area contributed by atoms with Crippen molar-refractivity contribution in [3.63, 3.8) is 0 Å². The van der Waals surface area contributed by atoms with Crippen LogP contribution in [0.3, 0.4) is 0 Å². The van der Waals surface area contributed by atoms with E-state index in [1.807, 2.05) is 13.2 Å². The molecule has 5 heteroatoms. The average molecular weight is 248 g/mol. The molecule has 96 valence electrons. The second kappa shape index (κ2) is 8.84. The van der Waals surface area contributed by atoms with E-state index < -0.39 is 0 Å². The SMILES string of the molecule is CSC(CO)C(C)NCC(=O)NCC(C)C. The molecule has 0 saturated carbocycles. The quantitative estimate of drug-likeness (QED) is 0.584. The van der Waals surface area contributed by atoms with Crippen LogP contribution in [0.25, 0.3) is 0 Å². The zero-order valence-electron chi connectivity index (χ0n) is 10.6. The minimum Gasteiger partial charge on any atom is -0.395 e. The maximum Gasteiger partial charge on any atom is 0.233 e. The molecule has 0 rings (SSSR count). The van der Waals surface area contributed by atoms with Gasteiger partial charge in [0, 0.05) is 17.8 Å². The van der Waals surface area contributed by atoms with Crippen LogP contribution in [-0.4, -0.2) is 48.3 Å². The minimum absolute atomic E-state index is 0.0124. The van der Waals surface area contributed by atoms with E-state index in [2.05, 4.69) is 24.5 Å². The van der Waals surface area contributed by atoms with Crippen LogP contribution < -0.4 is 10.6 Å². The minimum atomic E-state index is 0.0124. The number of aliphatic hydroxyl groups excluding tert-OH is 1. The number of amides is 1. The van der Waals surface area contributed by atoms with Crippen LogP contribution in [0.1, 0.15) is 20.8 Å². The molecule has 0 heterocycles. The molecule has 0 aliphatic rings. The first kappa shape index (κ1) is 15.7. The highest BCUT2D eigenvalue weighted by Gasteiger charge is 2.15. The van der Waals surface area contributed by atoms with E-state index in [-0.39, 0.29) is 23.8 Å². The number of aliphatic hydroxyl groups is 1. The lowest BCUT2D eigenvalue weighted by Crippen LogP contribution is -2.43. The van der Waals surface area contributed by atoms with E-state index in [0.717, 1.165) is 0 Å². The predicted octanol–water partition coefficient (Wildman–Crippen LogP) is 0.461. The molecule has 0 saturated heterocycles. The van der Waals surface area contributed by atoms with Gasteiger partial charge in [0.25, 0.3) is 0 Å². The number of thioether (sulfide) groups is 1. The molecule has 0 aromatic rings. The third-order valence-electron chi connectivity index (χ3n) is 2.33. The van der Waals surface area contributed by atoms with Crippen LogP contribution in [0.15, 0.2) is 0 Å². The van der Waals surface area contributed by atoms with E-state index in [0.29, 0.717) is 19.0 Å². The molecule has 16 heavy (non-hydrogen) atoms. The third-order valence-corrected chi connectivity index (χ3v) is 3.50. The topological polar surface area (TPSA) is 61.4 Å². The molecule has 0 aromatic heterocycles. The van der Waals surface area contributed by atoms with Crippen molar-refractivity contribution in [1.29, 1.82) is 0 Å². The van der Waals surface area contributed by atoms with Gasteiger partial charge in [-0.25, -0.2) is 0 Å². The fourth-order valence-corrected chi connectivity index (χ4v) is 1.86. The standard InChI is InChI=1S/C11H24N2O2S/c1-8(2)5-13-11(15)6-12-9(3)10(7-14)16-4/h8-10,12,14H,5-7H2,1-4H3,(H,13,15). The number of hydrogen-bond acceptors (Lipinski definition) is 4. The Kier molecular flexibility index (Phi) is 8.70. The van der Waals surface area contributed by atoms with Crippen molar-refractivity contribution in [3.05, 3.63) is 0 Å². The molecule has 0 bridgehead atoms. The van der Waals surface area contributed by atoms with Crippen LogP contribution in [-0.2, 0) is 4.79 Å². The second-order valence-corrected chi connectivity index (χ2v) is 5.40. The predicted molar refractivity (Wildman–Crippen MR) is 69.7 cm³/mol. The smallest absolute Gasteiger partial charge is 0.233 e. The first-order valence-corrected chi connectivity index (χ1v) is 6.93. The lowest BCUT2D eigenvalue weighted by Gasteiger charge is -2.21. The zero-order chi connectivity index (χ0) is 12.6. The number of carbonyl (C=O) groups excluding carboxylic acids is 1. The lowest BCUT2D eigenvalue weighted by atomic mass is 10.2. The van der Waals surface area contributed by atoms with Crippen molar-refractivity contribution < 1.29 is 9.90 Å². The maximum absolute atomic E-state index is 11.4.